The average molecular weight is 1470 g/mol. The normalized spacial score (nSPS) is 11.5. The molecule has 0 bridgehead atoms. The van der Waals surface area contributed by atoms with E-state index in [0.717, 1.165) is 84.1 Å². The molecule has 6 heteroatoms. The maximum absolute atomic E-state index is 6.40. The molecule has 0 saturated carbocycles. The number of benzene rings is 18. The second-order valence-electron chi connectivity index (χ2n) is 29.1. The highest BCUT2D eigenvalue weighted by atomic mass is 32.1. The molecular weight excluding hydrogens is 1400 g/mol. The van der Waals surface area contributed by atoms with Crippen molar-refractivity contribution >= 4 is 131 Å². The lowest BCUT2D eigenvalue weighted by Gasteiger charge is -2.26. The van der Waals surface area contributed by atoms with Gasteiger partial charge in [0.15, 0.2) is 0 Å². The first-order chi connectivity index (χ1) is 56.5. The minimum atomic E-state index is 0.906. The van der Waals surface area contributed by atoms with Crippen LogP contribution in [0.2, 0.25) is 0 Å². The van der Waals surface area contributed by atoms with Crippen LogP contribution < -0.4 is 9.80 Å². The Bertz CT molecular complexity index is 6760. The molecule has 22 aromatic rings. The van der Waals surface area contributed by atoms with Gasteiger partial charge in [0.05, 0.1) is 22.1 Å². The number of rotatable bonds is 14. The number of hydrogen-bond acceptors (Lipinski definition) is 4. The Morgan fingerprint density at radius 3 is 0.930 bits per heavy atom. The van der Waals surface area contributed by atoms with Crippen molar-refractivity contribution in [3.05, 3.63) is 437 Å². The second-order valence-corrected chi connectivity index (χ2v) is 30.1. The summed E-state index contributed by atoms with van der Waals surface area (Å²) in [7, 11) is 0. The van der Waals surface area contributed by atoms with Gasteiger partial charge in [-0.1, -0.05) is 303 Å². The van der Waals surface area contributed by atoms with Gasteiger partial charge in [-0.2, -0.15) is 0 Å². The van der Waals surface area contributed by atoms with Gasteiger partial charge in [0.2, 0.25) is 0 Å². The van der Waals surface area contributed by atoms with Crippen LogP contribution in [-0.2, 0) is 0 Å². The van der Waals surface area contributed by atoms with Crippen molar-refractivity contribution in [2.45, 2.75) is 0 Å². The highest BCUT2D eigenvalue weighted by Crippen LogP contribution is 2.46. The van der Waals surface area contributed by atoms with E-state index in [0.29, 0.717) is 0 Å². The largest absolute Gasteiger partial charge is 0.455 e. The van der Waals surface area contributed by atoms with Gasteiger partial charge >= 0.3 is 0 Å². The predicted octanol–water partition coefficient (Wildman–Crippen LogP) is 30.8. The van der Waals surface area contributed by atoms with Crippen LogP contribution in [0.1, 0.15) is 0 Å². The summed E-state index contributed by atoms with van der Waals surface area (Å²) in [6, 6.07) is 157. The summed E-state index contributed by atoms with van der Waals surface area (Å²) in [5.41, 5.74) is 29.7. The molecule has 0 aliphatic carbocycles. The average Bonchev–Trinajstić information content (AvgIpc) is 1.60. The zero-order valence-electron chi connectivity index (χ0n) is 62.2. The first-order valence-corrected chi connectivity index (χ1v) is 39.7. The van der Waals surface area contributed by atoms with Gasteiger partial charge in [-0.15, -0.1) is 11.3 Å². The van der Waals surface area contributed by atoms with Gasteiger partial charge < -0.3 is 23.4 Å². The van der Waals surface area contributed by atoms with Crippen LogP contribution in [0.15, 0.2) is 441 Å². The smallest absolute Gasteiger partial charge is 0.143 e. The van der Waals surface area contributed by atoms with Crippen LogP contribution >= 0.6 is 11.3 Å². The molecule has 0 aliphatic rings. The minimum absolute atomic E-state index is 0.906. The quantitative estimate of drug-likeness (QED) is 0.109. The molecule has 0 amide bonds. The van der Waals surface area contributed by atoms with E-state index >= 15 is 0 Å². The summed E-state index contributed by atoms with van der Waals surface area (Å²) in [6.45, 7) is 0. The fourth-order valence-electron chi connectivity index (χ4n) is 16.9. The van der Waals surface area contributed by atoms with Crippen LogP contribution in [-0.4, -0.2) is 9.13 Å². The molecule has 5 nitrogen and oxygen atoms in total. The first-order valence-electron chi connectivity index (χ1n) is 38.8. The van der Waals surface area contributed by atoms with E-state index in [1.54, 1.807) is 0 Å². The number of nitrogens with zero attached hydrogens (tertiary/aromatic N) is 4. The minimum Gasteiger partial charge on any atom is -0.455 e. The Morgan fingerprint density at radius 1 is 0.202 bits per heavy atom. The monoisotopic (exact) mass is 1470 g/mol. The van der Waals surface area contributed by atoms with Crippen molar-refractivity contribution in [1.82, 2.24) is 9.13 Å². The third-order valence-corrected chi connectivity index (χ3v) is 23.7. The second kappa shape index (κ2) is 28.9. The third-order valence-electron chi connectivity index (χ3n) is 22.4. The van der Waals surface area contributed by atoms with Crippen molar-refractivity contribution in [1.29, 1.82) is 0 Å². The number of para-hydroxylation sites is 6. The maximum atomic E-state index is 6.40. The first kappa shape index (κ1) is 67.3. The van der Waals surface area contributed by atoms with Crippen LogP contribution in [0, 0.1) is 0 Å². The lowest BCUT2D eigenvalue weighted by Crippen LogP contribution is -2.09. The van der Waals surface area contributed by atoms with Gasteiger partial charge in [-0.3, -0.25) is 0 Å². The zero-order chi connectivity index (χ0) is 75.4. The molecule has 0 atom stereocenters. The summed E-state index contributed by atoms with van der Waals surface area (Å²) < 4.78 is 13.8. The van der Waals surface area contributed by atoms with E-state index in [2.05, 4.69) is 444 Å². The SMILES string of the molecule is c1ccc(-c2ccc(N(c3ccc(-c4cccc(-n5c6ccccc6c6ccccc65)c4)cc3)c3ccc(-c4cccc5c4oc4ccccc45)cc3)cc2)cc1.c1ccc(-c2ccc(N(c3ccc(-c4cccc(-n5c6ccccc6c6ccccc65)c4)cc3)c3ccc(-c4cccc5c4sc4ccccc45)cc3)cc2)cc1. The Kier molecular flexibility index (Phi) is 17.1. The van der Waals surface area contributed by atoms with E-state index in [1.807, 2.05) is 23.5 Å². The molecule has 114 heavy (non-hydrogen) atoms. The van der Waals surface area contributed by atoms with Crippen LogP contribution in [0.3, 0.4) is 0 Å². The molecule has 0 N–H and O–H groups in total. The molecular formula is C108H72N4OS. The molecule has 0 aliphatic heterocycles. The highest BCUT2D eigenvalue weighted by Gasteiger charge is 2.21. The lowest BCUT2D eigenvalue weighted by atomic mass is 10.0. The molecule has 0 radical (unpaired) electrons. The molecule has 0 unspecified atom stereocenters. The number of aromatic nitrogens is 2. The van der Waals surface area contributed by atoms with E-state index in [9.17, 15) is 0 Å². The summed E-state index contributed by atoms with van der Waals surface area (Å²) in [5, 5.41) is 9.97. The van der Waals surface area contributed by atoms with Crippen molar-refractivity contribution in [3.63, 3.8) is 0 Å². The topological polar surface area (TPSA) is 29.5 Å². The molecule has 22 rings (SSSR count). The molecule has 18 aromatic carbocycles. The van der Waals surface area contributed by atoms with E-state index in [-0.39, 0.29) is 0 Å². The summed E-state index contributed by atoms with van der Waals surface area (Å²) in [6.07, 6.45) is 0. The molecule has 4 heterocycles. The number of furan rings is 1. The number of hydrogen-bond donors (Lipinski definition) is 0. The van der Waals surface area contributed by atoms with E-state index < -0.39 is 0 Å². The van der Waals surface area contributed by atoms with Gasteiger partial charge in [-0.05, 0) is 195 Å². The Balaban J connectivity index is 0.000000143. The fraction of sp³-hybridized carbons (Fsp3) is 0. The molecule has 0 saturated heterocycles. The van der Waals surface area contributed by atoms with Crippen LogP contribution in [0.4, 0.5) is 34.1 Å². The van der Waals surface area contributed by atoms with Crippen molar-refractivity contribution < 1.29 is 4.42 Å². The van der Waals surface area contributed by atoms with E-state index in [4.69, 9.17) is 4.42 Å². The van der Waals surface area contributed by atoms with Crippen molar-refractivity contribution in [2.24, 2.45) is 0 Å². The Morgan fingerprint density at radius 2 is 0.500 bits per heavy atom. The fourth-order valence-corrected chi connectivity index (χ4v) is 18.2. The predicted molar refractivity (Wildman–Crippen MR) is 484 cm³/mol. The molecule has 536 valence electrons. The molecule has 4 aromatic heterocycles. The molecule has 0 spiro atoms. The number of anilines is 6. The lowest BCUT2D eigenvalue weighted by molar-refractivity contribution is 0.670. The maximum Gasteiger partial charge on any atom is 0.143 e. The zero-order valence-corrected chi connectivity index (χ0v) is 63.0. The molecule has 0 fully saturated rings. The van der Waals surface area contributed by atoms with Gasteiger partial charge in [0.1, 0.15) is 11.2 Å². The highest BCUT2D eigenvalue weighted by molar-refractivity contribution is 7.26. The van der Waals surface area contributed by atoms with E-state index in [1.165, 1.54) is 114 Å². The van der Waals surface area contributed by atoms with Crippen molar-refractivity contribution in [2.75, 3.05) is 9.80 Å². The summed E-state index contributed by atoms with van der Waals surface area (Å²) in [4.78, 5) is 4.69. The summed E-state index contributed by atoms with van der Waals surface area (Å²) >= 11 is 1.88. The van der Waals surface area contributed by atoms with Crippen LogP contribution in [0.25, 0.3) is 164 Å². The Labute approximate surface area is 664 Å². The standard InChI is InChI=1S/C54H36N2O.C54H36N2S/c2*1-2-12-37(13-3-1)38-24-30-42(31-25-38)55(44-34-28-40(29-35-44)46-19-11-20-50-49-18-6-9-23-53(49)57-54(46)50)43-32-26-39(27-33-43)41-14-10-15-45(36-41)56-51-21-7-4-16-47(51)48-17-5-8-22-52(48)56/h2*1-36H. The van der Waals surface area contributed by atoms with Gasteiger partial charge in [0, 0.05) is 104 Å². The number of thiophene rings is 1. The van der Waals surface area contributed by atoms with Gasteiger partial charge in [-0.25, -0.2) is 0 Å². The van der Waals surface area contributed by atoms with Crippen LogP contribution in [0.5, 0.6) is 0 Å². The van der Waals surface area contributed by atoms with Crippen molar-refractivity contribution in [3.8, 4) is 78.1 Å². The third kappa shape index (κ3) is 12.2. The summed E-state index contributed by atoms with van der Waals surface area (Å²) in [5.74, 6) is 0. The number of fused-ring (bicyclic) bond motifs is 12. The van der Waals surface area contributed by atoms with Gasteiger partial charge in [0.25, 0.3) is 0 Å². The Hall–Kier alpha value is -14.8.